The third kappa shape index (κ3) is 2.29. The highest BCUT2D eigenvalue weighted by Crippen LogP contribution is 2.22. The van der Waals surface area contributed by atoms with E-state index in [1.54, 1.807) is 12.1 Å². The number of rotatable bonds is 4. The van der Waals surface area contributed by atoms with Gasteiger partial charge in [-0.25, -0.2) is 4.98 Å². The van der Waals surface area contributed by atoms with Gasteiger partial charge in [0.25, 0.3) is 5.88 Å². The molecule has 2 aromatic rings. The first-order chi connectivity index (χ1) is 7.79. The van der Waals surface area contributed by atoms with Gasteiger partial charge in [0.05, 0.1) is 12.3 Å². The molecule has 0 atom stereocenters. The van der Waals surface area contributed by atoms with Gasteiger partial charge < -0.3 is 19.1 Å². The van der Waals surface area contributed by atoms with Crippen molar-refractivity contribution in [2.24, 2.45) is 0 Å². The molecular formula is C10H10N2O4. The first-order valence-corrected chi connectivity index (χ1v) is 4.53. The molecule has 0 aliphatic rings. The molecule has 0 saturated heterocycles. The van der Waals surface area contributed by atoms with Gasteiger partial charge in [-0.15, -0.1) is 0 Å². The van der Waals surface area contributed by atoms with E-state index in [1.807, 2.05) is 0 Å². The van der Waals surface area contributed by atoms with Crippen LogP contribution in [0.15, 0.2) is 28.9 Å². The fourth-order valence-corrected chi connectivity index (χ4v) is 1.10. The number of hydrogen-bond donors (Lipinski definition) is 1. The Labute approximate surface area is 91.4 Å². The lowest BCUT2D eigenvalue weighted by molar-refractivity contribution is 0.0453. The van der Waals surface area contributed by atoms with E-state index in [4.69, 9.17) is 19.1 Å². The Kier molecular flexibility index (Phi) is 3.02. The molecule has 0 aromatic carbocycles. The number of ether oxygens (including phenoxy) is 2. The van der Waals surface area contributed by atoms with E-state index in [9.17, 15) is 0 Å². The van der Waals surface area contributed by atoms with E-state index in [1.165, 1.54) is 19.4 Å². The van der Waals surface area contributed by atoms with Crippen LogP contribution >= 0.6 is 0 Å². The van der Waals surface area contributed by atoms with E-state index in [2.05, 4.69) is 10.1 Å². The highest BCUT2D eigenvalue weighted by molar-refractivity contribution is 5.53. The molecule has 6 heteroatoms. The van der Waals surface area contributed by atoms with Crippen molar-refractivity contribution in [2.75, 3.05) is 13.9 Å². The molecule has 0 spiro atoms. The van der Waals surface area contributed by atoms with Crippen molar-refractivity contribution >= 4 is 0 Å². The topological polar surface area (TPSA) is 77.6 Å². The minimum Gasteiger partial charge on any atom is -0.506 e. The molecule has 0 amide bonds. The lowest BCUT2D eigenvalue weighted by Crippen LogP contribution is -1.98. The molecule has 2 heterocycles. The number of nitrogens with zero attached hydrogens (tertiary/aromatic N) is 2. The summed E-state index contributed by atoms with van der Waals surface area (Å²) in [6.07, 6.45) is 1.33. The Morgan fingerprint density at radius 1 is 1.44 bits per heavy atom. The van der Waals surface area contributed by atoms with Crippen LogP contribution in [0.1, 0.15) is 0 Å². The third-order valence-electron chi connectivity index (χ3n) is 1.81. The maximum Gasteiger partial charge on any atom is 0.256 e. The van der Waals surface area contributed by atoms with Crippen molar-refractivity contribution in [2.45, 2.75) is 0 Å². The molecule has 0 aliphatic heterocycles. The van der Waals surface area contributed by atoms with Crippen LogP contribution in [-0.2, 0) is 4.74 Å². The van der Waals surface area contributed by atoms with Gasteiger partial charge in [-0.05, 0) is 17.3 Å². The molecule has 0 bridgehead atoms. The van der Waals surface area contributed by atoms with Gasteiger partial charge in [-0.3, -0.25) is 0 Å². The molecule has 0 aliphatic carbocycles. The van der Waals surface area contributed by atoms with Crippen LogP contribution in [0.2, 0.25) is 0 Å². The van der Waals surface area contributed by atoms with Crippen molar-refractivity contribution in [1.82, 2.24) is 10.1 Å². The molecule has 2 aromatic heterocycles. The van der Waals surface area contributed by atoms with Gasteiger partial charge in [0.2, 0.25) is 0 Å². The average Bonchev–Trinajstić information content (AvgIpc) is 2.76. The summed E-state index contributed by atoms with van der Waals surface area (Å²) < 4.78 is 14.8. The minimum absolute atomic E-state index is 0.0964. The predicted octanol–water partition coefficient (Wildman–Crippen LogP) is 1.42. The molecule has 1 N–H and O–H groups in total. The van der Waals surface area contributed by atoms with Crippen LogP contribution in [0, 0.1) is 0 Å². The summed E-state index contributed by atoms with van der Waals surface area (Å²) >= 11 is 0. The summed E-state index contributed by atoms with van der Waals surface area (Å²) in [5.41, 5.74) is 0.567. The zero-order valence-corrected chi connectivity index (χ0v) is 8.58. The summed E-state index contributed by atoms with van der Waals surface area (Å²) in [5.74, 6) is 0.886. The van der Waals surface area contributed by atoms with Crippen LogP contribution in [0.25, 0.3) is 11.5 Å². The Balaban J connectivity index is 2.15. The minimum atomic E-state index is 0.0964. The highest BCUT2D eigenvalue weighted by atomic mass is 16.7. The molecule has 0 radical (unpaired) electrons. The molecule has 16 heavy (non-hydrogen) atoms. The first-order valence-electron chi connectivity index (χ1n) is 4.53. The van der Waals surface area contributed by atoms with Crippen molar-refractivity contribution in [1.29, 1.82) is 0 Å². The number of hydrogen-bond acceptors (Lipinski definition) is 6. The van der Waals surface area contributed by atoms with Crippen molar-refractivity contribution in [3.8, 4) is 23.1 Å². The second-order valence-electron chi connectivity index (χ2n) is 2.98. The van der Waals surface area contributed by atoms with Crippen molar-refractivity contribution in [3.63, 3.8) is 0 Å². The van der Waals surface area contributed by atoms with Gasteiger partial charge >= 0.3 is 0 Å². The molecular weight excluding hydrogens is 212 g/mol. The standard InChI is InChI=1S/C10H10N2O4/c1-14-6-15-10-4-9(16-12-10)8-3-2-7(13)5-11-8/h2-5,13H,6H2,1H3. The fourth-order valence-electron chi connectivity index (χ4n) is 1.10. The normalized spacial score (nSPS) is 10.3. The van der Waals surface area contributed by atoms with Gasteiger partial charge in [-0.2, -0.15) is 0 Å². The summed E-state index contributed by atoms with van der Waals surface area (Å²) in [6, 6.07) is 4.73. The van der Waals surface area contributed by atoms with E-state index in [0.29, 0.717) is 17.3 Å². The number of aromatic hydroxyl groups is 1. The lowest BCUT2D eigenvalue weighted by Gasteiger charge is -1.96. The average molecular weight is 222 g/mol. The molecule has 0 fully saturated rings. The molecule has 0 saturated carbocycles. The SMILES string of the molecule is COCOc1cc(-c2ccc(O)cn2)on1. The van der Waals surface area contributed by atoms with Crippen LogP contribution < -0.4 is 4.74 Å². The van der Waals surface area contributed by atoms with E-state index in [-0.39, 0.29) is 12.5 Å². The first kappa shape index (κ1) is 10.4. The summed E-state index contributed by atoms with van der Waals surface area (Å²) in [5, 5.41) is 12.7. The summed E-state index contributed by atoms with van der Waals surface area (Å²) in [6.45, 7) is 0.106. The second kappa shape index (κ2) is 4.63. The summed E-state index contributed by atoms with van der Waals surface area (Å²) in [7, 11) is 1.52. The van der Waals surface area contributed by atoms with Crippen LogP contribution in [0.5, 0.6) is 11.6 Å². The largest absolute Gasteiger partial charge is 0.506 e. The Hall–Kier alpha value is -2.08. The number of methoxy groups -OCH3 is 1. The number of aromatic nitrogens is 2. The van der Waals surface area contributed by atoms with Crippen molar-refractivity contribution < 1.29 is 19.1 Å². The second-order valence-corrected chi connectivity index (χ2v) is 2.98. The number of pyridine rings is 1. The van der Waals surface area contributed by atoms with Gasteiger partial charge in [0.1, 0.15) is 11.4 Å². The predicted molar refractivity (Wildman–Crippen MR) is 53.9 cm³/mol. The molecule has 2 rings (SSSR count). The Morgan fingerprint density at radius 2 is 2.31 bits per heavy atom. The Morgan fingerprint density at radius 3 is 3.00 bits per heavy atom. The van der Waals surface area contributed by atoms with E-state index in [0.717, 1.165) is 0 Å². The van der Waals surface area contributed by atoms with E-state index < -0.39 is 0 Å². The maximum absolute atomic E-state index is 9.07. The summed E-state index contributed by atoms with van der Waals surface area (Å²) in [4.78, 5) is 3.97. The highest BCUT2D eigenvalue weighted by Gasteiger charge is 2.08. The smallest absolute Gasteiger partial charge is 0.256 e. The molecule has 0 unspecified atom stereocenters. The maximum atomic E-state index is 9.07. The van der Waals surface area contributed by atoms with E-state index >= 15 is 0 Å². The lowest BCUT2D eigenvalue weighted by atomic mass is 10.3. The quantitative estimate of drug-likeness (QED) is 0.788. The monoisotopic (exact) mass is 222 g/mol. The third-order valence-corrected chi connectivity index (χ3v) is 1.81. The zero-order valence-electron chi connectivity index (χ0n) is 8.58. The van der Waals surface area contributed by atoms with Crippen LogP contribution in [-0.4, -0.2) is 29.1 Å². The van der Waals surface area contributed by atoms with Crippen LogP contribution in [0.4, 0.5) is 0 Å². The van der Waals surface area contributed by atoms with Gasteiger partial charge in [-0.1, -0.05) is 0 Å². The fraction of sp³-hybridized carbons (Fsp3) is 0.200. The van der Waals surface area contributed by atoms with Crippen LogP contribution in [0.3, 0.4) is 0 Å². The molecule has 6 nitrogen and oxygen atoms in total. The van der Waals surface area contributed by atoms with Gasteiger partial charge in [0, 0.05) is 7.11 Å². The van der Waals surface area contributed by atoms with Gasteiger partial charge in [0.15, 0.2) is 12.6 Å². The zero-order chi connectivity index (χ0) is 11.4. The van der Waals surface area contributed by atoms with Crippen molar-refractivity contribution in [3.05, 3.63) is 24.4 Å². The molecule has 84 valence electrons. The Bertz CT molecular complexity index is 452.